The first-order valence-electron chi connectivity index (χ1n) is 9.45. The topological polar surface area (TPSA) is 51.2 Å². The molecule has 4 nitrogen and oxygen atoms in total. The highest BCUT2D eigenvalue weighted by Gasteiger charge is 2.34. The van der Waals surface area contributed by atoms with Gasteiger partial charge < -0.3 is 10.1 Å². The number of benzene rings is 1. The van der Waals surface area contributed by atoms with Crippen molar-refractivity contribution in [3.63, 3.8) is 0 Å². The number of methoxy groups -OCH3 is 1. The zero-order valence-electron chi connectivity index (χ0n) is 15.6. The van der Waals surface area contributed by atoms with Gasteiger partial charge in [-0.2, -0.15) is 0 Å². The maximum absolute atomic E-state index is 13.0. The monoisotopic (exact) mass is 372 g/mol. The third-order valence-corrected chi connectivity index (χ3v) is 6.28. The van der Waals surface area contributed by atoms with E-state index in [0.717, 1.165) is 24.3 Å². The van der Waals surface area contributed by atoms with Crippen LogP contribution in [0.15, 0.2) is 41.9 Å². The Morgan fingerprint density at radius 1 is 1.31 bits per heavy atom. The quantitative estimate of drug-likeness (QED) is 0.748. The van der Waals surface area contributed by atoms with Crippen LogP contribution in [0.4, 0.5) is 0 Å². The SMILES string of the molecule is CO[C@@H](C1CCCC1)[C@@H](C)C(=O)N[C@@H](Cc1ccccc1)c1nccs1. The lowest BCUT2D eigenvalue weighted by Gasteiger charge is -2.28. The molecular formula is C21H28N2O2S. The minimum Gasteiger partial charge on any atom is -0.380 e. The van der Waals surface area contributed by atoms with Gasteiger partial charge in [-0.15, -0.1) is 11.3 Å². The molecule has 1 fully saturated rings. The van der Waals surface area contributed by atoms with E-state index in [4.69, 9.17) is 4.74 Å². The predicted octanol–water partition coefficient (Wildman–Crippen LogP) is 4.38. The number of ether oxygens (including phenoxy) is 1. The van der Waals surface area contributed by atoms with Gasteiger partial charge in [0.1, 0.15) is 5.01 Å². The molecule has 1 saturated carbocycles. The van der Waals surface area contributed by atoms with Gasteiger partial charge in [-0.1, -0.05) is 50.1 Å². The van der Waals surface area contributed by atoms with Crippen LogP contribution < -0.4 is 5.32 Å². The van der Waals surface area contributed by atoms with Crippen molar-refractivity contribution in [2.75, 3.05) is 7.11 Å². The zero-order valence-corrected chi connectivity index (χ0v) is 16.4. The van der Waals surface area contributed by atoms with Gasteiger partial charge in [-0.3, -0.25) is 4.79 Å². The molecule has 1 amide bonds. The highest BCUT2D eigenvalue weighted by molar-refractivity contribution is 7.09. The van der Waals surface area contributed by atoms with Gasteiger partial charge in [0, 0.05) is 18.7 Å². The fourth-order valence-corrected chi connectivity index (χ4v) is 4.69. The molecule has 26 heavy (non-hydrogen) atoms. The van der Waals surface area contributed by atoms with Gasteiger partial charge in [-0.05, 0) is 30.7 Å². The fraction of sp³-hybridized carbons (Fsp3) is 0.524. The molecule has 3 rings (SSSR count). The van der Waals surface area contributed by atoms with Gasteiger partial charge in [0.05, 0.1) is 18.1 Å². The minimum absolute atomic E-state index is 0.00818. The second-order valence-electron chi connectivity index (χ2n) is 7.15. The van der Waals surface area contributed by atoms with Crippen LogP contribution in [-0.2, 0) is 16.0 Å². The van der Waals surface area contributed by atoms with Crippen LogP contribution in [0.2, 0.25) is 0 Å². The van der Waals surface area contributed by atoms with Gasteiger partial charge >= 0.3 is 0 Å². The third kappa shape index (κ3) is 4.71. The van der Waals surface area contributed by atoms with E-state index in [9.17, 15) is 4.79 Å². The summed E-state index contributed by atoms with van der Waals surface area (Å²) < 4.78 is 5.73. The summed E-state index contributed by atoms with van der Waals surface area (Å²) in [6.07, 6.45) is 7.35. The molecule has 0 radical (unpaired) electrons. The lowest BCUT2D eigenvalue weighted by molar-refractivity contribution is -0.131. The Morgan fingerprint density at radius 2 is 2.04 bits per heavy atom. The Hall–Kier alpha value is -1.72. The van der Waals surface area contributed by atoms with Crippen molar-refractivity contribution < 1.29 is 9.53 Å². The molecule has 2 aromatic rings. The van der Waals surface area contributed by atoms with E-state index in [1.165, 1.54) is 18.4 Å². The lowest BCUT2D eigenvalue weighted by atomic mass is 9.89. The number of carbonyl (C=O) groups excluding carboxylic acids is 1. The molecular weight excluding hydrogens is 344 g/mol. The Kier molecular flexibility index (Phi) is 6.80. The molecule has 1 aromatic carbocycles. The Bertz CT molecular complexity index is 669. The zero-order chi connectivity index (χ0) is 18.4. The Balaban J connectivity index is 1.70. The average Bonchev–Trinajstić information content (AvgIpc) is 3.37. The maximum atomic E-state index is 13.0. The van der Waals surface area contributed by atoms with Crippen LogP contribution in [0.25, 0.3) is 0 Å². The van der Waals surface area contributed by atoms with E-state index in [0.29, 0.717) is 5.92 Å². The van der Waals surface area contributed by atoms with Crippen molar-refractivity contribution in [3.05, 3.63) is 52.5 Å². The van der Waals surface area contributed by atoms with E-state index in [1.807, 2.05) is 30.5 Å². The number of aromatic nitrogens is 1. The van der Waals surface area contributed by atoms with Crippen LogP contribution in [0.3, 0.4) is 0 Å². The molecule has 0 spiro atoms. The average molecular weight is 373 g/mol. The first kappa shape index (κ1) is 19.1. The number of nitrogens with zero attached hydrogens (tertiary/aromatic N) is 1. The molecule has 3 atom stereocenters. The summed E-state index contributed by atoms with van der Waals surface area (Å²) in [6, 6.07) is 10.1. The summed E-state index contributed by atoms with van der Waals surface area (Å²) in [5.41, 5.74) is 1.19. The second kappa shape index (κ2) is 9.28. The van der Waals surface area contributed by atoms with Crippen molar-refractivity contribution >= 4 is 17.2 Å². The van der Waals surface area contributed by atoms with Crippen molar-refractivity contribution in [2.24, 2.45) is 11.8 Å². The summed E-state index contributed by atoms with van der Waals surface area (Å²) >= 11 is 1.59. The first-order valence-corrected chi connectivity index (χ1v) is 10.3. The number of hydrogen-bond donors (Lipinski definition) is 1. The molecule has 0 bridgehead atoms. The van der Waals surface area contributed by atoms with Crippen LogP contribution in [0, 0.1) is 11.8 Å². The Labute approximate surface area is 160 Å². The fourth-order valence-electron chi connectivity index (χ4n) is 4.00. The molecule has 1 aliphatic rings. The number of thiazole rings is 1. The summed E-state index contributed by atoms with van der Waals surface area (Å²) in [5, 5.41) is 6.14. The summed E-state index contributed by atoms with van der Waals surface area (Å²) in [5.74, 6) is 0.384. The first-order chi connectivity index (χ1) is 12.7. The third-order valence-electron chi connectivity index (χ3n) is 5.39. The van der Waals surface area contributed by atoms with Crippen LogP contribution in [-0.4, -0.2) is 24.1 Å². The standard InChI is InChI=1S/C21H28N2O2S/c1-15(19(25-2)17-10-6-7-11-17)20(24)23-18(21-22-12-13-26-21)14-16-8-4-3-5-9-16/h3-5,8-9,12-13,15,17-19H,6-7,10-11,14H2,1-2H3,(H,23,24)/t15-,18+,19-/m1/s1. The van der Waals surface area contributed by atoms with Gasteiger partial charge in [0.2, 0.25) is 5.91 Å². The molecule has 1 aromatic heterocycles. The van der Waals surface area contributed by atoms with E-state index >= 15 is 0 Å². The highest BCUT2D eigenvalue weighted by atomic mass is 32.1. The lowest BCUT2D eigenvalue weighted by Crippen LogP contribution is -2.41. The molecule has 1 N–H and O–H groups in total. The number of carbonyl (C=O) groups is 1. The van der Waals surface area contributed by atoms with Gasteiger partial charge in [0.25, 0.3) is 0 Å². The number of nitrogens with one attached hydrogen (secondary N) is 1. The smallest absolute Gasteiger partial charge is 0.226 e. The number of hydrogen-bond acceptors (Lipinski definition) is 4. The predicted molar refractivity (Wildman–Crippen MR) is 105 cm³/mol. The highest BCUT2D eigenvalue weighted by Crippen LogP contribution is 2.33. The minimum atomic E-state index is -0.165. The second-order valence-corrected chi connectivity index (χ2v) is 8.08. The molecule has 1 heterocycles. The van der Waals surface area contributed by atoms with Crippen molar-refractivity contribution in [2.45, 2.75) is 51.2 Å². The Morgan fingerprint density at radius 3 is 2.65 bits per heavy atom. The molecule has 5 heteroatoms. The van der Waals surface area contributed by atoms with Crippen molar-refractivity contribution in [3.8, 4) is 0 Å². The normalized spacial score (nSPS) is 18.4. The number of rotatable bonds is 8. The maximum Gasteiger partial charge on any atom is 0.226 e. The van der Waals surface area contributed by atoms with E-state index in [-0.39, 0.29) is 24.0 Å². The van der Waals surface area contributed by atoms with E-state index in [1.54, 1.807) is 24.6 Å². The molecule has 0 unspecified atom stereocenters. The van der Waals surface area contributed by atoms with Crippen LogP contribution in [0.5, 0.6) is 0 Å². The van der Waals surface area contributed by atoms with Crippen molar-refractivity contribution in [1.29, 1.82) is 0 Å². The van der Waals surface area contributed by atoms with Gasteiger partial charge in [-0.25, -0.2) is 4.98 Å². The summed E-state index contributed by atoms with van der Waals surface area (Å²) in [6.45, 7) is 1.99. The van der Waals surface area contributed by atoms with Crippen LogP contribution in [0.1, 0.15) is 49.2 Å². The van der Waals surface area contributed by atoms with Gasteiger partial charge in [0.15, 0.2) is 0 Å². The molecule has 0 aliphatic heterocycles. The number of amides is 1. The van der Waals surface area contributed by atoms with E-state index in [2.05, 4.69) is 22.4 Å². The van der Waals surface area contributed by atoms with Crippen molar-refractivity contribution in [1.82, 2.24) is 10.3 Å². The van der Waals surface area contributed by atoms with E-state index < -0.39 is 0 Å². The molecule has 1 aliphatic carbocycles. The summed E-state index contributed by atoms with van der Waals surface area (Å²) in [4.78, 5) is 17.4. The molecule has 140 valence electrons. The molecule has 0 saturated heterocycles. The largest absolute Gasteiger partial charge is 0.380 e. The summed E-state index contributed by atoms with van der Waals surface area (Å²) in [7, 11) is 1.73. The van der Waals surface area contributed by atoms with Crippen LogP contribution >= 0.6 is 11.3 Å².